The van der Waals surface area contributed by atoms with Crippen molar-refractivity contribution < 1.29 is 19.4 Å². The first-order chi connectivity index (χ1) is 9.11. The van der Waals surface area contributed by atoms with E-state index in [9.17, 15) is 14.7 Å². The molecule has 2 atom stereocenters. The Balaban J connectivity index is 2.08. The second kappa shape index (κ2) is 6.23. The summed E-state index contributed by atoms with van der Waals surface area (Å²) in [5.74, 6) is -0.884. The minimum atomic E-state index is -0.897. The molecule has 108 valence electrons. The minimum absolute atomic E-state index is 0.0124. The molecule has 0 spiro atoms. The molecule has 6 nitrogen and oxygen atoms in total. The number of hydrogen-bond acceptors (Lipinski definition) is 3. The fourth-order valence-corrected chi connectivity index (χ4v) is 2.90. The minimum Gasteiger partial charge on any atom is -0.480 e. The lowest BCUT2D eigenvalue weighted by atomic mass is 9.91. The molecule has 2 amide bonds. The Kier molecular flexibility index (Phi) is 4.63. The lowest BCUT2D eigenvalue weighted by Gasteiger charge is -2.39. The summed E-state index contributed by atoms with van der Waals surface area (Å²) in [4.78, 5) is 27.1. The Morgan fingerprint density at radius 3 is 2.68 bits per heavy atom. The van der Waals surface area contributed by atoms with Gasteiger partial charge in [0.2, 0.25) is 0 Å². The van der Waals surface area contributed by atoms with Gasteiger partial charge < -0.3 is 19.6 Å². The van der Waals surface area contributed by atoms with Crippen LogP contribution in [-0.2, 0) is 9.53 Å². The van der Waals surface area contributed by atoms with Gasteiger partial charge in [0.25, 0.3) is 0 Å². The molecular weight excluding hydrogens is 248 g/mol. The average molecular weight is 270 g/mol. The monoisotopic (exact) mass is 270 g/mol. The summed E-state index contributed by atoms with van der Waals surface area (Å²) in [5, 5.41) is 9.34. The lowest BCUT2D eigenvalue weighted by Crippen LogP contribution is -2.56. The highest BCUT2D eigenvalue weighted by Crippen LogP contribution is 2.24. The largest absolute Gasteiger partial charge is 0.480 e. The van der Waals surface area contributed by atoms with Gasteiger partial charge in [-0.05, 0) is 25.2 Å². The number of amides is 2. The molecular formula is C13H22N2O4. The van der Waals surface area contributed by atoms with Crippen molar-refractivity contribution in [2.75, 3.05) is 32.8 Å². The van der Waals surface area contributed by atoms with Crippen molar-refractivity contribution in [3.63, 3.8) is 0 Å². The van der Waals surface area contributed by atoms with Gasteiger partial charge >= 0.3 is 12.0 Å². The predicted molar refractivity (Wildman–Crippen MR) is 68.9 cm³/mol. The van der Waals surface area contributed by atoms with Crippen molar-refractivity contribution in [2.45, 2.75) is 32.2 Å². The second-order valence-corrected chi connectivity index (χ2v) is 5.33. The predicted octanol–water partition coefficient (Wildman–Crippen LogP) is 1.01. The third-order valence-electron chi connectivity index (χ3n) is 3.92. The van der Waals surface area contributed by atoms with Crippen molar-refractivity contribution >= 4 is 12.0 Å². The molecule has 6 heteroatoms. The Morgan fingerprint density at radius 1 is 1.16 bits per heavy atom. The van der Waals surface area contributed by atoms with E-state index in [1.807, 2.05) is 6.92 Å². The highest BCUT2D eigenvalue weighted by molar-refractivity contribution is 5.83. The van der Waals surface area contributed by atoms with Gasteiger partial charge in [-0.2, -0.15) is 0 Å². The molecule has 2 fully saturated rings. The van der Waals surface area contributed by atoms with Crippen LogP contribution in [-0.4, -0.2) is 65.8 Å². The van der Waals surface area contributed by atoms with Crippen molar-refractivity contribution in [3.8, 4) is 0 Å². The number of carboxylic acids is 1. The molecule has 0 aromatic carbocycles. The van der Waals surface area contributed by atoms with Crippen molar-refractivity contribution in [1.82, 2.24) is 9.80 Å². The van der Waals surface area contributed by atoms with E-state index in [1.165, 1.54) is 4.90 Å². The van der Waals surface area contributed by atoms with Crippen LogP contribution in [0.4, 0.5) is 4.79 Å². The second-order valence-electron chi connectivity index (χ2n) is 5.33. The normalized spacial score (nSPS) is 28.9. The zero-order valence-electron chi connectivity index (χ0n) is 11.4. The van der Waals surface area contributed by atoms with Gasteiger partial charge in [0.05, 0.1) is 6.61 Å². The number of likely N-dealkylation sites (tertiary alicyclic amines) is 1. The highest BCUT2D eigenvalue weighted by atomic mass is 16.5. The summed E-state index contributed by atoms with van der Waals surface area (Å²) in [5.41, 5.74) is 0. The number of nitrogens with zero attached hydrogens (tertiary/aromatic N) is 2. The zero-order chi connectivity index (χ0) is 13.8. The first-order valence-electron chi connectivity index (χ1n) is 6.97. The third-order valence-corrected chi connectivity index (χ3v) is 3.92. The van der Waals surface area contributed by atoms with Gasteiger partial charge in [0.1, 0.15) is 6.04 Å². The van der Waals surface area contributed by atoms with Crippen LogP contribution < -0.4 is 0 Å². The summed E-state index contributed by atoms with van der Waals surface area (Å²) in [6.45, 7) is 4.85. The number of carbonyl (C=O) groups is 2. The number of piperidine rings is 1. The molecule has 0 aliphatic carbocycles. The number of ether oxygens (including phenoxy) is 1. The summed E-state index contributed by atoms with van der Waals surface area (Å²) in [7, 11) is 0. The van der Waals surface area contributed by atoms with E-state index in [2.05, 4.69) is 0 Å². The van der Waals surface area contributed by atoms with Crippen molar-refractivity contribution in [1.29, 1.82) is 0 Å². The van der Waals surface area contributed by atoms with Gasteiger partial charge in [0.15, 0.2) is 0 Å². The Labute approximate surface area is 113 Å². The number of carboxylic acid groups (broad SMARTS) is 1. The molecule has 1 N–H and O–H groups in total. The fraction of sp³-hybridized carbons (Fsp3) is 0.846. The van der Waals surface area contributed by atoms with Crippen LogP contribution in [0, 0.1) is 5.92 Å². The third kappa shape index (κ3) is 3.18. The smallest absolute Gasteiger partial charge is 0.326 e. The van der Waals surface area contributed by atoms with E-state index in [1.54, 1.807) is 4.90 Å². The van der Waals surface area contributed by atoms with E-state index >= 15 is 0 Å². The van der Waals surface area contributed by atoms with E-state index in [4.69, 9.17) is 4.74 Å². The van der Waals surface area contributed by atoms with Crippen LogP contribution in [0.3, 0.4) is 0 Å². The number of rotatable bonds is 1. The molecule has 0 radical (unpaired) electrons. The molecule has 2 rings (SSSR count). The first-order valence-corrected chi connectivity index (χ1v) is 6.97. The molecule has 2 heterocycles. The Hall–Kier alpha value is -1.30. The molecule has 0 bridgehead atoms. The van der Waals surface area contributed by atoms with Crippen LogP contribution in [0.1, 0.15) is 26.2 Å². The van der Waals surface area contributed by atoms with Crippen LogP contribution in [0.25, 0.3) is 0 Å². The maximum atomic E-state index is 12.5. The van der Waals surface area contributed by atoms with Crippen LogP contribution >= 0.6 is 0 Å². The van der Waals surface area contributed by atoms with Crippen molar-refractivity contribution in [3.05, 3.63) is 0 Å². The van der Waals surface area contributed by atoms with Gasteiger partial charge in [-0.15, -0.1) is 0 Å². The molecule has 2 unspecified atom stereocenters. The van der Waals surface area contributed by atoms with Crippen LogP contribution in [0.5, 0.6) is 0 Å². The quantitative estimate of drug-likeness (QED) is 0.772. The van der Waals surface area contributed by atoms with Crippen LogP contribution in [0.15, 0.2) is 0 Å². The van der Waals surface area contributed by atoms with Crippen LogP contribution in [0.2, 0.25) is 0 Å². The summed E-state index contributed by atoms with van der Waals surface area (Å²) in [6, 6.07) is -0.838. The number of hydrogen-bond donors (Lipinski definition) is 1. The Bertz CT molecular complexity index is 340. The summed E-state index contributed by atoms with van der Waals surface area (Å²) >= 11 is 0. The summed E-state index contributed by atoms with van der Waals surface area (Å²) in [6.07, 6.45) is 2.55. The van der Waals surface area contributed by atoms with E-state index in [0.717, 1.165) is 19.3 Å². The molecule has 2 aliphatic heterocycles. The maximum absolute atomic E-state index is 12.5. The van der Waals surface area contributed by atoms with E-state index in [0.29, 0.717) is 32.8 Å². The molecule has 19 heavy (non-hydrogen) atoms. The van der Waals surface area contributed by atoms with E-state index in [-0.39, 0.29) is 11.9 Å². The molecule has 2 saturated heterocycles. The van der Waals surface area contributed by atoms with Crippen molar-refractivity contribution in [2.24, 2.45) is 5.92 Å². The molecule has 2 aliphatic rings. The number of aliphatic carboxylic acids is 1. The standard InChI is InChI=1S/C13H22N2O4/c1-10-4-2-6-15(11(10)12(16)17)13(18)14-5-3-8-19-9-7-14/h10-11H,2-9H2,1H3,(H,16,17). The molecule has 0 aromatic rings. The fourth-order valence-electron chi connectivity index (χ4n) is 2.90. The number of urea groups is 1. The SMILES string of the molecule is CC1CCCN(C(=O)N2CCCOCC2)C1C(=O)O. The van der Waals surface area contributed by atoms with E-state index < -0.39 is 12.0 Å². The lowest BCUT2D eigenvalue weighted by molar-refractivity contribution is -0.145. The van der Waals surface area contributed by atoms with Gasteiger partial charge in [0, 0.05) is 26.2 Å². The van der Waals surface area contributed by atoms with Gasteiger partial charge in [-0.3, -0.25) is 0 Å². The zero-order valence-corrected chi connectivity index (χ0v) is 11.4. The number of carbonyl (C=O) groups excluding carboxylic acids is 1. The topological polar surface area (TPSA) is 70.1 Å². The average Bonchev–Trinajstić information content (AvgIpc) is 2.66. The highest BCUT2D eigenvalue weighted by Gasteiger charge is 2.38. The summed E-state index contributed by atoms with van der Waals surface area (Å²) < 4.78 is 5.33. The first kappa shape index (κ1) is 14.1. The molecule has 0 saturated carbocycles. The van der Waals surface area contributed by atoms with Gasteiger partial charge in [-0.1, -0.05) is 6.92 Å². The maximum Gasteiger partial charge on any atom is 0.326 e. The van der Waals surface area contributed by atoms with Gasteiger partial charge in [-0.25, -0.2) is 9.59 Å². The molecule has 0 aromatic heterocycles. The Morgan fingerprint density at radius 2 is 1.95 bits per heavy atom.